The molecule has 0 aromatic carbocycles. The van der Waals surface area contributed by atoms with E-state index in [0.717, 1.165) is 39.1 Å². The number of nitrogens with zero attached hydrogens (tertiary/aromatic N) is 2. The van der Waals surface area contributed by atoms with Crippen LogP contribution in [0.4, 0.5) is 4.79 Å². The van der Waals surface area contributed by atoms with Crippen LogP contribution in [0.15, 0.2) is 0 Å². The number of carbonyl (C=O) groups excluding carboxylic acids is 1. The Balaban J connectivity index is 1.52. The maximum atomic E-state index is 12.5. The summed E-state index contributed by atoms with van der Waals surface area (Å²) in [7, 11) is 0. The molecular weight excluding hydrogens is 232 g/mol. The van der Waals surface area contributed by atoms with Gasteiger partial charge in [-0.05, 0) is 12.8 Å². The monoisotopic (exact) mass is 252 g/mol. The quantitative estimate of drug-likeness (QED) is 0.696. The van der Waals surface area contributed by atoms with Gasteiger partial charge in [0.1, 0.15) is 0 Å². The predicted octanol–water partition coefficient (Wildman–Crippen LogP) is 0.833. The molecule has 3 heterocycles. The van der Waals surface area contributed by atoms with Crippen molar-refractivity contribution in [3.8, 4) is 0 Å². The molecule has 3 aliphatic heterocycles. The van der Waals surface area contributed by atoms with Crippen LogP contribution in [0.1, 0.15) is 25.7 Å². The third kappa shape index (κ3) is 1.89. The average molecular weight is 252 g/mol. The molecule has 0 bridgehead atoms. The fraction of sp³-hybridized carbons (Fsp3) is 0.923. The van der Waals surface area contributed by atoms with Crippen LogP contribution in [0.25, 0.3) is 0 Å². The van der Waals surface area contributed by atoms with Crippen molar-refractivity contribution in [3.05, 3.63) is 0 Å². The summed E-state index contributed by atoms with van der Waals surface area (Å²) in [6.45, 7) is 3.24. The first-order chi connectivity index (χ1) is 8.83. The highest BCUT2D eigenvalue weighted by Gasteiger charge is 2.49. The van der Waals surface area contributed by atoms with E-state index in [1.165, 1.54) is 12.8 Å². The van der Waals surface area contributed by atoms with Gasteiger partial charge in [-0.25, -0.2) is 4.79 Å². The molecule has 0 aromatic rings. The summed E-state index contributed by atoms with van der Waals surface area (Å²) in [5.41, 5.74) is 0. The molecule has 100 valence electrons. The Morgan fingerprint density at radius 2 is 1.39 bits per heavy atom. The predicted molar refractivity (Wildman–Crippen MR) is 64.3 cm³/mol. The Morgan fingerprint density at radius 3 is 1.78 bits per heavy atom. The zero-order valence-corrected chi connectivity index (χ0v) is 10.6. The summed E-state index contributed by atoms with van der Waals surface area (Å²) in [5, 5.41) is 0. The van der Waals surface area contributed by atoms with E-state index in [1.807, 2.05) is 0 Å². The van der Waals surface area contributed by atoms with Gasteiger partial charge in [-0.15, -0.1) is 0 Å². The Hall–Kier alpha value is -0.810. The first-order valence-electron chi connectivity index (χ1n) is 7.13. The van der Waals surface area contributed by atoms with Gasteiger partial charge in [0.05, 0.1) is 50.6 Å². The summed E-state index contributed by atoms with van der Waals surface area (Å²) >= 11 is 0. The number of amides is 2. The van der Waals surface area contributed by atoms with Crippen molar-refractivity contribution in [1.29, 1.82) is 0 Å². The lowest BCUT2D eigenvalue weighted by Gasteiger charge is -2.31. The molecule has 2 amide bonds. The molecule has 0 N–H and O–H groups in total. The SMILES string of the molecule is O=C1N(CC2CO2)C2CCCCC2N1CC1CO1. The van der Waals surface area contributed by atoms with Crippen LogP contribution < -0.4 is 0 Å². The van der Waals surface area contributed by atoms with E-state index < -0.39 is 0 Å². The number of epoxide rings is 2. The normalized spacial score (nSPS) is 42.1. The van der Waals surface area contributed by atoms with Gasteiger partial charge in [0.2, 0.25) is 0 Å². The molecular formula is C13H20N2O3. The summed E-state index contributed by atoms with van der Waals surface area (Å²) in [4.78, 5) is 16.7. The molecule has 0 spiro atoms. The van der Waals surface area contributed by atoms with Gasteiger partial charge in [0.25, 0.3) is 0 Å². The highest BCUT2D eigenvalue weighted by atomic mass is 16.6. The van der Waals surface area contributed by atoms with Crippen LogP contribution in [-0.2, 0) is 9.47 Å². The van der Waals surface area contributed by atoms with Crippen molar-refractivity contribution in [3.63, 3.8) is 0 Å². The summed E-state index contributed by atoms with van der Waals surface area (Å²) < 4.78 is 10.6. The van der Waals surface area contributed by atoms with Gasteiger partial charge in [-0.2, -0.15) is 0 Å². The molecule has 1 aliphatic carbocycles. The van der Waals surface area contributed by atoms with Crippen molar-refractivity contribution in [2.45, 2.75) is 50.0 Å². The number of urea groups is 1. The van der Waals surface area contributed by atoms with Crippen molar-refractivity contribution in [2.75, 3.05) is 26.3 Å². The molecule has 4 atom stereocenters. The lowest BCUT2D eigenvalue weighted by atomic mass is 9.90. The maximum absolute atomic E-state index is 12.5. The molecule has 0 radical (unpaired) electrons. The summed E-state index contributed by atoms with van der Waals surface area (Å²) in [6.07, 6.45) is 5.42. The van der Waals surface area contributed by atoms with Crippen LogP contribution in [-0.4, -0.2) is 66.4 Å². The Kier molecular flexibility index (Phi) is 2.52. The highest BCUT2D eigenvalue weighted by Crippen LogP contribution is 2.35. The minimum Gasteiger partial charge on any atom is -0.371 e. The second-order valence-electron chi connectivity index (χ2n) is 5.92. The fourth-order valence-electron chi connectivity index (χ4n) is 3.48. The highest BCUT2D eigenvalue weighted by molar-refractivity contribution is 5.78. The lowest BCUT2D eigenvalue weighted by molar-refractivity contribution is 0.177. The van der Waals surface area contributed by atoms with E-state index in [1.54, 1.807) is 0 Å². The molecule has 4 unspecified atom stereocenters. The minimum atomic E-state index is 0.220. The van der Waals surface area contributed by atoms with E-state index in [-0.39, 0.29) is 6.03 Å². The molecule has 0 aromatic heterocycles. The van der Waals surface area contributed by atoms with Crippen molar-refractivity contribution in [1.82, 2.24) is 9.80 Å². The van der Waals surface area contributed by atoms with Crippen LogP contribution in [0.2, 0.25) is 0 Å². The first kappa shape index (κ1) is 11.1. The Labute approximate surface area is 107 Å². The zero-order valence-electron chi connectivity index (χ0n) is 10.6. The van der Waals surface area contributed by atoms with E-state index >= 15 is 0 Å². The fourth-order valence-corrected chi connectivity index (χ4v) is 3.48. The summed E-state index contributed by atoms with van der Waals surface area (Å²) in [6, 6.07) is 1.07. The average Bonchev–Trinajstić information content (AvgIpc) is 3.26. The molecule has 4 rings (SSSR count). The molecule has 1 saturated carbocycles. The Morgan fingerprint density at radius 1 is 0.944 bits per heavy atom. The van der Waals surface area contributed by atoms with E-state index in [9.17, 15) is 4.79 Å². The molecule has 5 heteroatoms. The Bertz CT molecular complexity index is 322. The molecule has 3 saturated heterocycles. The van der Waals surface area contributed by atoms with Gasteiger partial charge in [-0.1, -0.05) is 12.8 Å². The van der Waals surface area contributed by atoms with Gasteiger partial charge >= 0.3 is 6.03 Å². The van der Waals surface area contributed by atoms with E-state index in [4.69, 9.17) is 9.47 Å². The third-order valence-electron chi connectivity index (χ3n) is 4.59. The first-order valence-corrected chi connectivity index (χ1v) is 7.13. The molecule has 5 nitrogen and oxygen atoms in total. The smallest absolute Gasteiger partial charge is 0.320 e. The topological polar surface area (TPSA) is 48.6 Å². The van der Waals surface area contributed by atoms with E-state index in [2.05, 4.69) is 9.80 Å². The van der Waals surface area contributed by atoms with Gasteiger partial charge < -0.3 is 19.3 Å². The van der Waals surface area contributed by atoms with Gasteiger partial charge in [-0.3, -0.25) is 0 Å². The lowest BCUT2D eigenvalue weighted by Crippen LogP contribution is -2.41. The largest absolute Gasteiger partial charge is 0.371 e. The number of rotatable bonds is 4. The van der Waals surface area contributed by atoms with E-state index in [0.29, 0.717) is 24.3 Å². The number of ether oxygens (including phenoxy) is 2. The number of fused-ring (bicyclic) bond motifs is 1. The standard InChI is InChI=1S/C13H20N2O3/c16-13-14(5-9-7-17-9)11-3-1-2-4-12(11)15(13)6-10-8-18-10/h9-12H,1-8H2. The second-order valence-corrected chi connectivity index (χ2v) is 5.92. The number of carbonyl (C=O) groups is 1. The van der Waals surface area contributed by atoms with Crippen LogP contribution in [0.5, 0.6) is 0 Å². The van der Waals surface area contributed by atoms with Gasteiger partial charge in [0.15, 0.2) is 0 Å². The number of hydrogen-bond acceptors (Lipinski definition) is 3. The van der Waals surface area contributed by atoms with Crippen molar-refractivity contribution >= 4 is 6.03 Å². The van der Waals surface area contributed by atoms with Crippen LogP contribution >= 0.6 is 0 Å². The van der Waals surface area contributed by atoms with Crippen LogP contribution in [0.3, 0.4) is 0 Å². The van der Waals surface area contributed by atoms with Crippen molar-refractivity contribution in [2.24, 2.45) is 0 Å². The zero-order chi connectivity index (χ0) is 12.1. The minimum absolute atomic E-state index is 0.220. The van der Waals surface area contributed by atoms with Crippen LogP contribution in [0, 0.1) is 0 Å². The third-order valence-corrected chi connectivity index (χ3v) is 4.59. The summed E-state index contributed by atoms with van der Waals surface area (Å²) in [5.74, 6) is 0. The molecule has 18 heavy (non-hydrogen) atoms. The maximum Gasteiger partial charge on any atom is 0.320 e. The molecule has 4 fully saturated rings. The van der Waals surface area contributed by atoms with Crippen molar-refractivity contribution < 1.29 is 14.3 Å². The number of hydrogen-bond donors (Lipinski definition) is 0. The van der Waals surface area contributed by atoms with Gasteiger partial charge in [0, 0.05) is 0 Å². The molecule has 4 aliphatic rings. The second kappa shape index (κ2) is 4.10.